The average molecular weight is 594 g/mol. The van der Waals surface area contributed by atoms with Crippen molar-refractivity contribution in [2.24, 2.45) is 11.7 Å². The second-order valence-corrected chi connectivity index (χ2v) is 11.8. The van der Waals surface area contributed by atoms with Crippen molar-refractivity contribution in [3.63, 3.8) is 0 Å². The molecule has 3 aromatic heterocycles. The van der Waals surface area contributed by atoms with E-state index in [-0.39, 0.29) is 48.5 Å². The fraction of sp³-hybridized carbons (Fsp3) is 0.400. The molecule has 12 heteroatoms. The van der Waals surface area contributed by atoms with Gasteiger partial charge in [-0.15, -0.1) is 11.6 Å². The normalized spacial score (nSPS) is 23.3. The molecular formula is C30H30ClF2N7O2. The fourth-order valence-corrected chi connectivity index (χ4v) is 6.22. The molecule has 1 saturated heterocycles. The van der Waals surface area contributed by atoms with E-state index in [2.05, 4.69) is 33.4 Å². The lowest BCUT2D eigenvalue weighted by molar-refractivity contribution is -0.0198. The highest BCUT2D eigenvalue weighted by Gasteiger charge is 2.39. The second-order valence-electron chi connectivity index (χ2n) is 11.1. The van der Waals surface area contributed by atoms with Gasteiger partial charge in [0.2, 0.25) is 5.95 Å². The van der Waals surface area contributed by atoms with Crippen LogP contribution in [0.25, 0.3) is 16.8 Å². The molecule has 0 radical (unpaired) electrons. The van der Waals surface area contributed by atoms with Crippen LogP contribution < -0.4 is 11.1 Å². The number of rotatable bonds is 8. The van der Waals surface area contributed by atoms with Crippen LogP contribution in [0.5, 0.6) is 0 Å². The van der Waals surface area contributed by atoms with Gasteiger partial charge in [0.25, 0.3) is 0 Å². The molecule has 2 aliphatic rings. The van der Waals surface area contributed by atoms with Crippen LogP contribution in [0.4, 0.5) is 20.4 Å². The van der Waals surface area contributed by atoms with E-state index in [4.69, 9.17) is 32.1 Å². The predicted molar refractivity (Wildman–Crippen MR) is 153 cm³/mol. The molecule has 4 heterocycles. The minimum atomic E-state index is -0.925. The Morgan fingerprint density at radius 1 is 1.21 bits per heavy atom. The molecule has 9 nitrogen and oxygen atoms in total. The number of benzene rings is 1. The Labute approximate surface area is 246 Å². The van der Waals surface area contributed by atoms with E-state index >= 15 is 8.78 Å². The molecule has 1 aromatic carbocycles. The molecule has 2 fully saturated rings. The van der Waals surface area contributed by atoms with Crippen LogP contribution in [0.2, 0.25) is 0 Å². The van der Waals surface area contributed by atoms with Gasteiger partial charge in [0.05, 0.1) is 73.3 Å². The van der Waals surface area contributed by atoms with Gasteiger partial charge in [0, 0.05) is 12.2 Å². The fourth-order valence-electron chi connectivity index (χ4n) is 5.96. The Balaban J connectivity index is 1.27. The minimum Gasteiger partial charge on any atom is -0.377 e. The average Bonchev–Trinajstić information content (AvgIpc) is 3.35. The topological polar surface area (TPSA) is 123 Å². The standard InChI is InChI=1S/C30H30ClF2N7O2/c1-17-9-18(10-24(35)28(17)42-8-2-6-34)21-5-7-36-14-26(21)38-29-37-13-20-3-4-25(39-40(20)29)27-22(32)11-19(12-23(27)33)30(31)15-41-16-30/h3-5,7,11-14,17-18,24,28H,2,8-10,15-16,35H2,1H3,(H,37,38). The molecule has 6 rings (SSSR count). The van der Waals surface area contributed by atoms with Gasteiger partial charge < -0.3 is 20.5 Å². The SMILES string of the molecule is CC1CC(c2ccncc2Nc2ncc3ccc(-c4c(F)cc(C5(Cl)COC5)cc4F)nn23)CC(N)C1OCCC#N. The number of nitrogens with zero attached hydrogens (tertiary/aromatic N) is 5. The van der Waals surface area contributed by atoms with Gasteiger partial charge in [-0.05, 0) is 66.1 Å². The quantitative estimate of drug-likeness (QED) is 0.205. The lowest BCUT2D eigenvalue weighted by atomic mass is 9.74. The summed E-state index contributed by atoms with van der Waals surface area (Å²) in [5.41, 5.74) is 9.13. The number of halogens is 3. The molecule has 4 atom stereocenters. The Morgan fingerprint density at radius 2 is 2.00 bits per heavy atom. The number of nitrogens with one attached hydrogen (secondary N) is 1. The van der Waals surface area contributed by atoms with Crippen LogP contribution in [-0.4, -0.2) is 51.5 Å². The van der Waals surface area contributed by atoms with Crippen molar-refractivity contribution in [2.75, 3.05) is 25.1 Å². The van der Waals surface area contributed by atoms with Gasteiger partial charge in [-0.25, -0.2) is 13.8 Å². The first-order valence-corrected chi connectivity index (χ1v) is 14.2. The van der Waals surface area contributed by atoms with Gasteiger partial charge in [0.15, 0.2) is 0 Å². The third kappa shape index (κ3) is 5.31. The molecule has 1 aliphatic heterocycles. The summed E-state index contributed by atoms with van der Waals surface area (Å²) < 4.78 is 43.0. The largest absolute Gasteiger partial charge is 0.377 e. The summed E-state index contributed by atoms with van der Waals surface area (Å²) in [6.07, 6.45) is 6.85. The van der Waals surface area contributed by atoms with Gasteiger partial charge in [-0.3, -0.25) is 4.98 Å². The maximum atomic E-state index is 15.2. The predicted octanol–water partition coefficient (Wildman–Crippen LogP) is 5.42. The summed E-state index contributed by atoms with van der Waals surface area (Å²) in [6.45, 7) is 2.87. The molecule has 218 valence electrons. The lowest BCUT2D eigenvalue weighted by Crippen LogP contribution is -2.46. The summed E-state index contributed by atoms with van der Waals surface area (Å²) >= 11 is 6.43. The van der Waals surface area contributed by atoms with E-state index < -0.39 is 16.5 Å². The molecule has 4 unspecified atom stereocenters. The first-order valence-electron chi connectivity index (χ1n) is 13.8. The number of ether oxygens (including phenoxy) is 2. The maximum absolute atomic E-state index is 15.2. The van der Waals surface area contributed by atoms with Crippen LogP contribution >= 0.6 is 11.6 Å². The lowest BCUT2D eigenvalue weighted by Gasteiger charge is -2.39. The van der Waals surface area contributed by atoms with Crippen molar-refractivity contribution in [3.8, 4) is 17.3 Å². The van der Waals surface area contributed by atoms with Crippen molar-refractivity contribution >= 4 is 28.8 Å². The van der Waals surface area contributed by atoms with Crippen LogP contribution in [-0.2, 0) is 14.3 Å². The number of hydrogen-bond acceptors (Lipinski definition) is 8. The van der Waals surface area contributed by atoms with Crippen molar-refractivity contribution in [1.82, 2.24) is 19.6 Å². The Kier molecular flexibility index (Phi) is 7.81. The van der Waals surface area contributed by atoms with Crippen LogP contribution in [0.3, 0.4) is 0 Å². The molecule has 1 saturated carbocycles. The third-order valence-electron chi connectivity index (χ3n) is 8.12. The smallest absolute Gasteiger partial charge is 0.229 e. The molecular weight excluding hydrogens is 564 g/mol. The third-order valence-corrected chi connectivity index (χ3v) is 8.56. The summed E-state index contributed by atoms with van der Waals surface area (Å²) in [5, 5.41) is 16.7. The number of nitrogens with two attached hydrogens (primary N) is 1. The van der Waals surface area contributed by atoms with Crippen molar-refractivity contribution in [3.05, 3.63) is 71.7 Å². The van der Waals surface area contributed by atoms with Crippen LogP contribution in [0.15, 0.2) is 48.9 Å². The number of aromatic nitrogens is 4. The molecule has 1 aliphatic carbocycles. The number of pyridine rings is 1. The second kappa shape index (κ2) is 11.5. The number of imidazole rings is 1. The summed E-state index contributed by atoms with van der Waals surface area (Å²) in [7, 11) is 0. The summed E-state index contributed by atoms with van der Waals surface area (Å²) in [5.74, 6) is -0.817. The highest BCUT2D eigenvalue weighted by Crippen LogP contribution is 2.41. The van der Waals surface area contributed by atoms with E-state index in [0.29, 0.717) is 36.5 Å². The molecule has 0 bridgehead atoms. The van der Waals surface area contributed by atoms with E-state index in [9.17, 15) is 0 Å². The zero-order chi connectivity index (χ0) is 29.4. The summed E-state index contributed by atoms with van der Waals surface area (Å²) in [4.78, 5) is 7.86. The number of fused-ring (bicyclic) bond motifs is 1. The first-order chi connectivity index (χ1) is 20.3. The van der Waals surface area contributed by atoms with Crippen molar-refractivity contribution in [1.29, 1.82) is 5.26 Å². The van der Waals surface area contributed by atoms with Gasteiger partial charge in [0.1, 0.15) is 16.5 Å². The van der Waals surface area contributed by atoms with E-state index in [1.807, 2.05) is 6.07 Å². The van der Waals surface area contributed by atoms with Gasteiger partial charge >= 0.3 is 0 Å². The minimum absolute atomic E-state index is 0.111. The van der Waals surface area contributed by atoms with Gasteiger partial charge in [-0.2, -0.15) is 14.9 Å². The first kappa shape index (κ1) is 28.4. The maximum Gasteiger partial charge on any atom is 0.229 e. The molecule has 0 amide bonds. The van der Waals surface area contributed by atoms with Crippen molar-refractivity contribution in [2.45, 2.75) is 49.1 Å². The number of alkyl halides is 1. The Hall–Kier alpha value is -3.69. The van der Waals surface area contributed by atoms with Gasteiger partial charge in [-0.1, -0.05) is 6.92 Å². The molecule has 0 spiro atoms. The highest BCUT2D eigenvalue weighted by atomic mass is 35.5. The number of nitriles is 1. The number of anilines is 2. The number of hydrogen-bond donors (Lipinski definition) is 2. The zero-order valence-electron chi connectivity index (χ0n) is 22.9. The van der Waals surface area contributed by atoms with E-state index in [0.717, 1.165) is 17.7 Å². The monoisotopic (exact) mass is 593 g/mol. The molecule has 3 N–H and O–H groups in total. The zero-order valence-corrected chi connectivity index (χ0v) is 23.7. The Morgan fingerprint density at radius 3 is 2.69 bits per heavy atom. The summed E-state index contributed by atoms with van der Waals surface area (Å²) in [6, 6.07) is 9.62. The van der Waals surface area contributed by atoms with E-state index in [1.165, 1.54) is 16.6 Å². The van der Waals surface area contributed by atoms with Crippen LogP contribution in [0, 0.1) is 28.9 Å². The van der Waals surface area contributed by atoms with E-state index in [1.54, 1.807) is 30.7 Å². The Bertz CT molecular complexity index is 1620. The van der Waals surface area contributed by atoms with Crippen LogP contribution in [0.1, 0.15) is 43.2 Å². The molecule has 4 aromatic rings. The molecule has 42 heavy (non-hydrogen) atoms. The highest BCUT2D eigenvalue weighted by molar-refractivity contribution is 6.24. The van der Waals surface area contributed by atoms with Crippen molar-refractivity contribution < 1.29 is 18.3 Å².